The first-order chi connectivity index (χ1) is 13.9. The summed E-state index contributed by atoms with van der Waals surface area (Å²) in [6, 6.07) is 2.15. The second-order valence-electron chi connectivity index (χ2n) is 8.24. The lowest BCUT2D eigenvalue weighted by atomic mass is 9.97. The van der Waals surface area contributed by atoms with Crippen molar-refractivity contribution in [1.82, 2.24) is 24.8 Å². The highest BCUT2D eigenvalue weighted by Gasteiger charge is 2.32. The molecule has 2 aromatic heterocycles. The van der Waals surface area contributed by atoms with Crippen molar-refractivity contribution in [2.24, 2.45) is 5.92 Å². The predicted octanol–water partition coefficient (Wildman–Crippen LogP) is 3.01. The molecule has 0 bridgehead atoms. The summed E-state index contributed by atoms with van der Waals surface area (Å²) in [4.78, 5) is 26.3. The fourth-order valence-electron chi connectivity index (χ4n) is 3.22. The number of hydrogen-bond donors (Lipinski definition) is 1. The molecule has 1 atom stereocenters. The Kier molecular flexibility index (Phi) is 5.91. The Morgan fingerprint density at radius 2 is 1.97 bits per heavy atom. The molecule has 1 fully saturated rings. The Balaban J connectivity index is 1.63. The highest BCUT2D eigenvalue weighted by molar-refractivity contribution is 5.80. The quantitative estimate of drug-likeness (QED) is 0.814. The van der Waals surface area contributed by atoms with E-state index in [9.17, 15) is 22.8 Å². The second-order valence-corrected chi connectivity index (χ2v) is 8.24. The number of rotatable bonds is 3. The molecule has 1 N–H and O–H groups in total. The summed E-state index contributed by atoms with van der Waals surface area (Å²) in [5, 5.41) is 10.4. The highest BCUT2D eigenvalue weighted by atomic mass is 19.4. The molecule has 0 aliphatic carbocycles. The lowest BCUT2D eigenvalue weighted by molar-refractivity contribution is -0.138. The Morgan fingerprint density at radius 1 is 1.23 bits per heavy atom. The van der Waals surface area contributed by atoms with Crippen molar-refractivity contribution in [3.8, 4) is 0 Å². The van der Waals surface area contributed by atoms with Gasteiger partial charge in [-0.3, -0.25) is 9.20 Å². The number of amides is 2. The molecule has 8 nitrogen and oxygen atoms in total. The third-order valence-corrected chi connectivity index (χ3v) is 4.66. The van der Waals surface area contributed by atoms with Gasteiger partial charge in [0.15, 0.2) is 11.5 Å². The SMILES string of the molecule is CC(C)(C)OC(=O)N1CCCC(C(=O)NCc2nnc3ccc(C(F)(F)F)cn23)C1. The average Bonchev–Trinajstić information content (AvgIpc) is 3.06. The van der Waals surface area contributed by atoms with E-state index in [-0.39, 0.29) is 30.5 Å². The number of pyridine rings is 1. The zero-order valence-corrected chi connectivity index (χ0v) is 17.0. The number of carbonyl (C=O) groups excluding carboxylic acids is 2. The summed E-state index contributed by atoms with van der Waals surface area (Å²) in [7, 11) is 0. The van der Waals surface area contributed by atoms with Crippen molar-refractivity contribution in [1.29, 1.82) is 0 Å². The van der Waals surface area contributed by atoms with Gasteiger partial charge in [0, 0.05) is 19.3 Å². The zero-order chi connectivity index (χ0) is 22.1. The van der Waals surface area contributed by atoms with Crippen LogP contribution < -0.4 is 5.32 Å². The van der Waals surface area contributed by atoms with Crippen LogP contribution in [0.1, 0.15) is 45.0 Å². The van der Waals surface area contributed by atoms with Crippen LogP contribution in [0, 0.1) is 5.92 Å². The number of ether oxygens (including phenoxy) is 1. The minimum atomic E-state index is -4.49. The van der Waals surface area contributed by atoms with Crippen LogP contribution in [0.3, 0.4) is 0 Å². The van der Waals surface area contributed by atoms with Gasteiger partial charge in [0.1, 0.15) is 5.60 Å². The summed E-state index contributed by atoms with van der Waals surface area (Å²) in [5.74, 6) is -0.549. The van der Waals surface area contributed by atoms with Crippen LogP contribution in [0.4, 0.5) is 18.0 Å². The minimum Gasteiger partial charge on any atom is -0.444 e. The number of likely N-dealkylation sites (tertiary alicyclic amines) is 1. The summed E-state index contributed by atoms with van der Waals surface area (Å²) in [6.45, 7) is 5.96. The molecule has 2 aromatic rings. The number of hydrogen-bond acceptors (Lipinski definition) is 5. The fourth-order valence-corrected chi connectivity index (χ4v) is 3.22. The third kappa shape index (κ3) is 5.19. The van der Waals surface area contributed by atoms with Gasteiger partial charge in [-0.05, 0) is 45.7 Å². The van der Waals surface area contributed by atoms with Gasteiger partial charge in [-0.1, -0.05) is 0 Å². The van der Waals surface area contributed by atoms with Crippen LogP contribution in [0.15, 0.2) is 18.3 Å². The van der Waals surface area contributed by atoms with Crippen molar-refractivity contribution in [3.05, 3.63) is 29.7 Å². The van der Waals surface area contributed by atoms with Crippen LogP contribution in [0.2, 0.25) is 0 Å². The maximum atomic E-state index is 12.9. The van der Waals surface area contributed by atoms with Crippen molar-refractivity contribution >= 4 is 17.6 Å². The lowest BCUT2D eigenvalue weighted by Crippen LogP contribution is -2.47. The zero-order valence-electron chi connectivity index (χ0n) is 17.0. The molecule has 164 valence electrons. The number of piperidine rings is 1. The third-order valence-electron chi connectivity index (χ3n) is 4.66. The molecule has 3 heterocycles. The number of nitrogens with zero attached hydrogens (tertiary/aromatic N) is 4. The van der Waals surface area contributed by atoms with E-state index in [2.05, 4.69) is 15.5 Å². The van der Waals surface area contributed by atoms with E-state index in [4.69, 9.17) is 4.74 Å². The van der Waals surface area contributed by atoms with Gasteiger partial charge >= 0.3 is 12.3 Å². The topological polar surface area (TPSA) is 88.8 Å². The maximum absolute atomic E-state index is 12.9. The number of nitrogens with one attached hydrogen (secondary N) is 1. The first-order valence-electron chi connectivity index (χ1n) is 9.60. The number of fused-ring (bicyclic) bond motifs is 1. The van der Waals surface area contributed by atoms with E-state index in [1.54, 1.807) is 20.8 Å². The van der Waals surface area contributed by atoms with Crippen molar-refractivity contribution < 1.29 is 27.5 Å². The first-order valence-corrected chi connectivity index (χ1v) is 9.60. The molecule has 1 aliphatic rings. The number of carbonyl (C=O) groups is 2. The van der Waals surface area contributed by atoms with Crippen LogP contribution >= 0.6 is 0 Å². The number of alkyl halides is 3. The van der Waals surface area contributed by atoms with Gasteiger partial charge in [-0.25, -0.2) is 4.79 Å². The molecule has 0 spiro atoms. The van der Waals surface area contributed by atoms with Crippen molar-refractivity contribution in [2.75, 3.05) is 13.1 Å². The first kappa shape index (κ1) is 21.8. The Labute approximate surface area is 171 Å². The molecule has 2 amide bonds. The summed E-state index contributed by atoms with van der Waals surface area (Å²) >= 11 is 0. The standard InChI is InChI=1S/C19H24F3N5O3/c1-18(2,3)30-17(29)26-8-4-5-12(10-26)16(28)23-9-15-25-24-14-7-6-13(11-27(14)15)19(20,21)22/h6-7,11-12H,4-5,8-10H2,1-3H3,(H,23,28). The fraction of sp³-hybridized carbons (Fsp3) is 0.579. The molecule has 1 unspecified atom stereocenters. The lowest BCUT2D eigenvalue weighted by Gasteiger charge is -2.33. The van der Waals surface area contributed by atoms with E-state index < -0.39 is 29.4 Å². The molecule has 0 radical (unpaired) electrons. The van der Waals surface area contributed by atoms with Crippen LogP contribution in [0.5, 0.6) is 0 Å². The van der Waals surface area contributed by atoms with E-state index in [1.165, 1.54) is 15.4 Å². The minimum absolute atomic E-state index is 0.0791. The Morgan fingerprint density at radius 3 is 2.63 bits per heavy atom. The van der Waals surface area contributed by atoms with Gasteiger partial charge in [0.25, 0.3) is 0 Å². The molecule has 11 heteroatoms. The van der Waals surface area contributed by atoms with E-state index >= 15 is 0 Å². The summed E-state index contributed by atoms with van der Waals surface area (Å²) < 4.78 is 45.4. The van der Waals surface area contributed by atoms with Crippen molar-refractivity contribution in [2.45, 2.75) is 51.9 Å². The highest BCUT2D eigenvalue weighted by Crippen LogP contribution is 2.29. The largest absolute Gasteiger partial charge is 0.444 e. The molecule has 0 saturated carbocycles. The van der Waals surface area contributed by atoms with Gasteiger partial charge in [0.2, 0.25) is 5.91 Å². The summed E-state index contributed by atoms with van der Waals surface area (Å²) in [6.07, 6.45) is -2.80. The Bertz CT molecular complexity index is 936. The molecular weight excluding hydrogens is 403 g/mol. The number of halogens is 3. The van der Waals surface area contributed by atoms with E-state index in [0.717, 1.165) is 12.3 Å². The molecular formula is C19H24F3N5O3. The molecule has 30 heavy (non-hydrogen) atoms. The van der Waals surface area contributed by atoms with Gasteiger partial charge in [0.05, 0.1) is 18.0 Å². The van der Waals surface area contributed by atoms with Gasteiger partial charge in [-0.2, -0.15) is 13.2 Å². The van der Waals surface area contributed by atoms with Gasteiger partial charge < -0.3 is 15.0 Å². The van der Waals surface area contributed by atoms with Crippen LogP contribution in [0.25, 0.3) is 5.65 Å². The normalized spacial score (nSPS) is 17.8. The molecule has 1 saturated heterocycles. The van der Waals surface area contributed by atoms with Gasteiger partial charge in [-0.15, -0.1) is 10.2 Å². The van der Waals surface area contributed by atoms with E-state index in [1.807, 2.05) is 0 Å². The van der Waals surface area contributed by atoms with E-state index in [0.29, 0.717) is 19.4 Å². The Hall–Kier alpha value is -2.85. The molecule has 1 aliphatic heterocycles. The monoisotopic (exact) mass is 427 g/mol. The smallest absolute Gasteiger partial charge is 0.417 e. The number of aromatic nitrogens is 3. The molecule has 3 rings (SSSR count). The predicted molar refractivity (Wildman–Crippen MR) is 100 cm³/mol. The summed E-state index contributed by atoms with van der Waals surface area (Å²) in [5.41, 5.74) is -1.21. The second kappa shape index (κ2) is 8.11. The molecule has 0 aromatic carbocycles. The van der Waals surface area contributed by atoms with Crippen molar-refractivity contribution in [3.63, 3.8) is 0 Å². The van der Waals surface area contributed by atoms with Crippen LogP contribution in [-0.2, 0) is 22.3 Å². The average molecular weight is 427 g/mol. The van der Waals surface area contributed by atoms with Crippen LogP contribution in [-0.4, -0.2) is 50.2 Å². The maximum Gasteiger partial charge on any atom is 0.417 e.